The van der Waals surface area contributed by atoms with E-state index in [0.717, 1.165) is 11.1 Å². The van der Waals surface area contributed by atoms with E-state index in [4.69, 9.17) is 0 Å². The second-order valence-corrected chi connectivity index (χ2v) is 7.25. The fraction of sp³-hybridized carbons (Fsp3) is 0.333. The number of hydrogen-bond donors (Lipinski definition) is 0. The van der Waals surface area contributed by atoms with Crippen molar-refractivity contribution in [2.45, 2.75) is 40.2 Å². The summed E-state index contributed by atoms with van der Waals surface area (Å²) in [5.74, 6) is -0.384. The molecule has 25 heavy (non-hydrogen) atoms. The van der Waals surface area contributed by atoms with Crippen LogP contribution >= 0.6 is 0 Å². The number of carbonyl (C=O) groups excluding carboxylic acids is 2. The smallest absolute Gasteiger partial charge is 0.267 e. The van der Waals surface area contributed by atoms with E-state index >= 15 is 0 Å². The van der Waals surface area contributed by atoms with Crippen molar-refractivity contribution < 1.29 is 9.59 Å². The van der Waals surface area contributed by atoms with Crippen LogP contribution in [-0.4, -0.2) is 34.4 Å². The van der Waals surface area contributed by atoms with Gasteiger partial charge in [0.25, 0.3) is 11.8 Å². The maximum absolute atomic E-state index is 13.2. The summed E-state index contributed by atoms with van der Waals surface area (Å²) in [6.07, 6.45) is 0. The maximum Gasteiger partial charge on any atom is 0.273 e. The number of rotatable bonds is 2. The number of amides is 2. The first-order valence-corrected chi connectivity index (χ1v) is 8.38. The molecule has 0 radical (unpaired) electrons. The Bertz CT molecular complexity index is 790. The Balaban J connectivity index is 2.45. The van der Waals surface area contributed by atoms with Gasteiger partial charge in [-0.15, -0.1) is 0 Å². The van der Waals surface area contributed by atoms with Crippen LogP contribution < -0.4 is 0 Å². The van der Waals surface area contributed by atoms with Crippen LogP contribution in [0.4, 0.5) is 0 Å². The third kappa shape index (κ3) is 3.90. The second-order valence-electron chi connectivity index (χ2n) is 7.25. The molecule has 0 aromatic heterocycles. The van der Waals surface area contributed by atoms with E-state index in [2.05, 4.69) is 0 Å². The lowest BCUT2D eigenvalue weighted by atomic mass is 10.0. The molecule has 4 nitrogen and oxygen atoms in total. The molecule has 2 aromatic carbocycles. The first kappa shape index (κ1) is 18.7. The third-order valence-corrected chi connectivity index (χ3v) is 4.17. The molecule has 0 saturated heterocycles. The number of hydrogen-bond acceptors (Lipinski definition) is 2. The summed E-state index contributed by atoms with van der Waals surface area (Å²) in [5, 5.41) is 2.96. The molecular formula is C21H26N2O2. The van der Waals surface area contributed by atoms with Gasteiger partial charge in [0.05, 0.1) is 5.54 Å². The van der Waals surface area contributed by atoms with Gasteiger partial charge < -0.3 is 0 Å². The van der Waals surface area contributed by atoms with Gasteiger partial charge in [-0.2, -0.15) is 0 Å². The average Bonchev–Trinajstić information content (AvgIpc) is 2.53. The molecule has 132 valence electrons. The van der Waals surface area contributed by atoms with E-state index in [1.807, 2.05) is 71.0 Å². The molecule has 0 heterocycles. The van der Waals surface area contributed by atoms with Gasteiger partial charge >= 0.3 is 0 Å². The highest BCUT2D eigenvalue weighted by Gasteiger charge is 2.34. The lowest BCUT2D eigenvalue weighted by Gasteiger charge is -2.42. The topological polar surface area (TPSA) is 40.6 Å². The molecule has 0 N–H and O–H groups in total. The molecule has 2 aromatic rings. The highest BCUT2D eigenvalue weighted by Crippen LogP contribution is 2.23. The highest BCUT2D eigenvalue weighted by molar-refractivity contribution is 6.00. The Hall–Kier alpha value is -2.62. The van der Waals surface area contributed by atoms with Crippen LogP contribution in [0.5, 0.6) is 0 Å². The van der Waals surface area contributed by atoms with Crippen LogP contribution in [0.1, 0.15) is 52.6 Å². The monoisotopic (exact) mass is 338 g/mol. The Labute approximate surface area is 150 Å². The van der Waals surface area contributed by atoms with Gasteiger partial charge in [-0.3, -0.25) is 9.59 Å². The Morgan fingerprint density at radius 1 is 0.760 bits per heavy atom. The van der Waals surface area contributed by atoms with Gasteiger partial charge in [0.1, 0.15) is 0 Å². The van der Waals surface area contributed by atoms with Crippen molar-refractivity contribution in [3.8, 4) is 0 Å². The summed E-state index contributed by atoms with van der Waals surface area (Å²) in [6.45, 7) is 9.56. The van der Waals surface area contributed by atoms with E-state index < -0.39 is 5.54 Å². The number of nitrogens with zero attached hydrogens (tertiary/aromatic N) is 2. The molecule has 0 fully saturated rings. The van der Waals surface area contributed by atoms with Crippen LogP contribution in [0.3, 0.4) is 0 Å². The molecule has 2 rings (SSSR count). The SMILES string of the molecule is Cc1ccccc1C(=O)N(C)N(C(=O)c1ccccc1C)C(C)(C)C. The number of aryl methyl sites for hydroxylation is 2. The van der Waals surface area contributed by atoms with Crippen LogP contribution in [0, 0.1) is 13.8 Å². The molecule has 4 heteroatoms. The lowest BCUT2D eigenvalue weighted by Crippen LogP contribution is -2.56. The maximum atomic E-state index is 13.2. The largest absolute Gasteiger partial charge is 0.273 e. The quantitative estimate of drug-likeness (QED) is 0.769. The summed E-state index contributed by atoms with van der Waals surface area (Å²) in [6, 6.07) is 14.8. The molecule has 0 bridgehead atoms. The van der Waals surface area contributed by atoms with Crippen LogP contribution in [-0.2, 0) is 0 Å². The molecule has 2 amide bonds. The standard InChI is InChI=1S/C21H26N2O2/c1-15-11-7-9-13-17(15)19(24)22(6)23(21(3,4)5)20(25)18-14-10-8-12-16(18)2/h7-14H,1-6H3. The zero-order chi connectivity index (χ0) is 18.8. The average molecular weight is 338 g/mol. The second kappa shape index (κ2) is 7.09. The van der Waals surface area contributed by atoms with Crippen molar-refractivity contribution in [2.75, 3.05) is 7.05 Å². The molecule has 0 atom stereocenters. The predicted octanol–water partition coefficient (Wildman–Crippen LogP) is 4.23. The van der Waals surface area contributed by atoms with Crippen LogP contribution in [0.2, 0.25) is 0 Å². The van der Waals surface area contributed by atoms with Crippen molar-refractivity contribution in [3.05, 3.63) is 70.8 Å². The summed E-state index contributed by atoms with van der Waals surface area (Å²) >= 11 is 0. The van der Waals surface area contributed by atoms with E-state index in [-0.39, 0.29) is 11.8 Å². The Kier molecular flexibility index (Phi) is 5.31. The van der Waals surface area contributed by atoms with Crippen LogP contribution in [0.25, 0.3) is 0 Å². The van der Waals surface area contributed by atoms with Crippen LogP contribution in [0.15, 0.2) is 48.5 Å². The van der Waals surface area contributed by atoms with Crippen molar-refractivity contribution >= 4 is 11.8 Å². The Morgan fingerprint density at radius 3 is 1.56 bits per heavy atom. The van der Waals surface area contributed by atoms with E-state index in [1.54, 1.807) is 19.2 Å². The predicted molar refractivity (Wildman–Crippen MR) is 100 cm³/mol. The summed E-state index contributed by atoms with van der Waals surface area (Å²) < 4.78 is 0. The van der Waals surface area contributed by atoms with Crippen molar-refractivity contribution in [1.29, 1.82) is 0 Å². The molecule has 0 unspecified atom stereocenters. The summed E-state index contributed by atoms with van der Waals surface area (Å²) in [5.41, 5.74) is 2.42. The molecule has 0 aliphatic heterocycles. The summed E-state index contributed by atoms with van der Waals surface area (Å²) in [7, 11) is 1.65. The van der Waals surface area contributed by atoms with Gasteiger partial charge in [0, 0.05) is 18.2 Å². The zero-order valence-electron chi connectivity index (χ0n) is 15.8. The van der Waals surface area contributed by atoms with Gasteiger partial charge in [0.15, 0.2) is 0 Å². The fourth-order valence-electron chi connectivity index (χ4n) is 2.90. The normalized spacial score (nSPS) is 11.1. The molecule has 0 aliphatic rings. The molecule has 0 aliphatic carbocycles. The van der Waals surface area contributed by atoms with Crippen molar-refractivity contribution in [3.63, 3.8) is 0 Å². The van der Waals surface area contributed by atoms with Gasteiger partial charge in [-0.25, -0.2) is 10.0 Å². The zero-order valence-corrected chi connectivity index (χ0v) is 15.8. The van der Waals surface area contributed by atoms with E-state index in [1.165, 1.54) is 10.0 Å². The van der Waals surface area contributed by atoms with Gasteiger partial charge in [-0.1, -0.05) is 36.4 Å². The first-order chi connectivity index (χ1) is 11.6. The molecule has 0 saturated carbocycles. The Morgan fingerprint density at radius 2 is 1.16 bits per heavy atom. The minimum atomic E-state index is -0.549. The van der Waals surface area contributed by atoms with Crippen molar-refractivity contribution in [1.82, 2.24) is 10.0 Å². The first-order valence-electron chi connectivity index (χ1n) is 8.38. The molecule has 0 spiro atoms. The van der Waals surface area contributed by atoms with E-state index in [0.29, 0.717) is 11.1 Å². The number of hydrazine groups is 1. The fourth-order valence-corrected chi connectivity index (χ4v) is 2.90. The lowest BCUT2D eigenvalue weighted by molar-refractivity contribution is -0.0309. The van der Waals surface area contributed by atoms with Crippen molar-refractivity contribution in [2.24, 2.45) is 0 Å². The van der Waals surface area contributed by atoms with Gasteiger partial charge in [-0.05, 0) is 57.9 Å². The molecular weight excluding hydrogens is 312 g/mol. The van der Waals surface area contributed by atoms with E-state index in [9.17, 15) is 9.59 Å². The minimum absolute atomic E-state index is 0.185. The summed E-state index contributed by atoms with van der Waals surface area (Å²) in [4.78, 5) is 26.2. The third-order valence-electron chi connectivity index (χ3n) is 4.17. The minimum Gasteiger partial charge on any atom is -0.267 e. The van der Waals surface area contributed by atoms with Gasteiger partial charge in [0.2, 0.25) is 0 Å². The highest BCUT2D eigenvalue weighted by atomic mass is 16.2. The number of carbonyl (C=O) groups is 2. The number of benzene rings is 2.